The molecule has 2 aromatic heterocycles. The fourth-order valence-corrected chi connectivity index (χ4v) is 4.55. The molecular weight excluding hydrogens is 481 g/mol. The first-order valence-electron chi connectivity index (χ1n) is 9.98. The van der Waals surface area contributed by atoms with Crippen LogP contribution in [0.15, 0.2) is 59.8 Å². The van der Waals surface area contributed by atoms with Crippen LogP contribution in [0, 0.1) is 12.7 Å². The number of hydrogen-bond acceptors (Lipinski definition) is 7. The van der Waals surface area contributed by atoms with Crippen molar-refractivity contribution in [2.24, 2.45) is 0 Å². The zero-order chi connectivity index (χ0) is 24.6. The molecule has 1 amide bonds. The van der Waals surface area contributed by atoms with Gasteiger partial charge in [-0.2, -0.15) is 0 Å². The number of pyridine rings is 1. The topological polar surface area (TPSA) is 119 Å². The maximum absolute atomic E-state index is 13.8. The summed E-state index contributed by atoms with van der Waals surface area (Å²) in [5.41, 5.74) is 6.96. The molecule has 2 heterocycles. The Labute approximate surface area is 200 Å². The van der Waals surface area contributed by atoms with Gasteiger partial charge in [-0.1, -0.05) is 23.7 Å². The van der Waals surface area contributed by atoms with Crippen LogP contribution in [0.25, 0.3) is 10.9 Å². The molecule has 0 spiro atoms. The zero-order valence-electron chi connectivity index (χ0n) is 18.2. The zero-order valence-corrected chi connectivity index (χ0v) is 19.7. The molecular formula is C23H19ClFN5O3S. The number of nitrogens with two attached hydrogens (primary N) is 1. The molecule has 0 atom stereocenters. The number of rotatable bonds is 5. The Morgan fingerprint density at radius 3 is 2.50 bits per heavy atom. The quantitative estimate of drug-likeness (QED) is 0.441. The van der Waals surface area contributed by atoms with Gasteiger partial charge in [0.2, 0.25) is 0 Å². The summed E-state index contributed by atoms with van der Waals surface area (Å²) in [5, 5.41) is 0.742. The number of carbonyl (C=O) groups excluding carboxylic acids is 1. The number of nitrogens with zero attached hydrogens (tertiary/aromatic N) is 4. The van der Waals surface area contributed by atoms with E-state index in [1.807, 2.05) is 0 Å². The van der Waals surface area contributed by atoms with E-state index in [1.165, 1.54) is 41.6 Å². The van der Waals surface area contributed by atoms with E-state index in [1.54, 1.807) is 25.1 Å². The van der Waals surface area contributed by atoms with Gasteiger partial charge in [0.15, 0.2) is 21.5 Å². The maximum Gasteiger partial charge on any atom is 0.261 e. The first-order valence-corrected chi connectivity index (χ1v) is 12.2. The number of halogens is 2. The second-order valence-corrected chi connectivity index (χ2v) is 10.1. The van der Waals surface area contributed by atoms with Gasteiger partial charge in [-0.3, -0.25) is 4.79 Å². The molecule has 34 heavy (non-hydrogen) atoms. The Morgan fingerprint density at radius 1 is 1.12 bits per heavy atom. The number of benzene rings is 2. The highest BCUT2D eigenvalue weighted by molar-refractivity contribution is 7.90. The summed E-state index contributed by atoms with van der Waals surface area (Å²) in [6, 6.07) is 10.5. The van der Waals surface area contributed by atoms with Crippen molar-refractivity contribution in [3.05, 3.63) is 82.6 Å². The lowest BCUT2D eigenvalue weighted by molar-refractivity contribution is 0.0984. The maximum atomic E-state index is 13.8. The van der Waals surface area contributed by atoms with Crippen LogP contribution in [-0.2, 0) is 16.4 Å². The highest BCUT2D eigenvalue weighted by Crippen LogP contribution is 2.31. The Hall–Kier alpha value is -3.63. The predicted octanol–water partition coefficient (Wildman–Crippen LogP) is 3.96. The number of nitrogen functional groups attached to an aromatic ring is 1. The number of anilines is 2. The number of aryl methyl sites for hydroxylation is 1. The van der Waals surface area contributed by atoms with Gasteiger partial charge in [0.05, 0.1) is 28.2 Å². The summed E-state index contributed by atoms with van der Waals surface area (Å²) in [6.45, 7) is 1.66. The highest BCUT2D eigenvalue weighted by atomic mass is 35.5. The van der Waals surface area contributed by atoms with Crippen molar-refractivity contribution in [3.8, 4) is 0 Å². The fourth-order valence-electron chi connectivity index (χ4n) is 3.42. The minimum absolute atomic E-state index is 0.0221. The SMILES string of the molecule is Cc1ncc(C(=O)N(Cc2ccc3cc(F)c(N)nc3c2)c2ccc(Cl)cc2S(C)(=O)=O)cn1. The lowest BCUT2D eigenvalue weighted by Crippen LogP contribution is -2.32. The lowest BCUT2D eigenvalue weighted by atomic mass is 10.1. The van der Waals surface area contributed by atoms with Crippen molar-refractivity contribution < 1.29 is 17.6 Å². The van der Waals surface area contributed by atoms with E-state index in [4.69, 9.17) is 17.3 Å². The molecule has 4 aromatic rings. The average Bonchev–Trinajstić information content (AvgIpc) is 2.78. The first kappa shape index (κ1) is 23.5. The molecule has 0 unspecified atom stereocenters. The Balaban J connectivity index is 1.85. The number of hydrogen-bond donors (Lipinski definition) is 1. The van der Waals surface area contributed by atoms with Crippen LogP contribution in [0.1, 0.15) is 21.7 Å². The molecule has 0 aliphatic carbocycles. The first-order chi connectivity index (χ1) is 16.0. The van der Waals surface area contributed by atoms with Gasteiger partial charge in [-0.15, -0.1) is 0 Å². The van der Waals surface area contributed by atoms with Crippen molar-refractivity contribution in [1.82, 2.24) is 15.0 Å². The van der Waals surface area contributed by atoms with Gasteiger partial charge in [-0.05, 0) is 42.8 Å². The van der Waals surface area contributed by atoms with E-state index in [-0.39, 0.29) is 33.5 Å². The third-order valence-electron chi connectivity index (χ3n) is 5.09. The monoisotopic (exact) mass is 499 g/mol. The molecule has 11 heteroatoms. The summed E-state index contributed by atoms with van der Waals surface area (Å²) in [6.07, 6.45) is 3.79. The van der Waals surface area contributed by atoms with Crippen LogP contribution < -0.4 is 10.6 Å². The summed E-state index contributed by atoms with van der Waals surface area (Å²) in [5.74, 6) is -0.905. The molecule has 0 bridgehead atoms. The van der Waals surface area contributed by atoms with Gasteiger partial charge in [-0.25, -0.2) is 27.8 Å². The third-order valence-corrected chi connectivity index (χ3v) is 6.45. The van der Waals surface area contributed by atoms with Gasteiger partial charge >= 0.3 is 0 Å². The molecule has 0 saturated carbocycles. The number of amides is 1. The summed E-state index contributed by atoms with van der Waals surface area (Å²) < 4.78 is 38.8. The second-order valence-electron chi connectivity index (χ2n) is 7.68. The standard InChI is InChI=1S/C23H19ClFN5O3S/c1-13-27-10-16(11-28-13)23(31)30(20-6-5-17(24)9-21(20)34(2,32)33)12-14-3-4-15-8-18(25)22(26)29-19(15)7-14/h3-11H,12H2,1-2H3,(H2,26,29). The molecule has 2 N–H and O–H groups in total. The molecule has 174 valence electrons. The van der Waals surface area contributed by atoms with Crippen molar-refractivity contribution >= 4 is 49.8 Å². The van der Waals surface area contributed by atoms with E-state index in [2.05, 4.69) is 15.0 Å². The summed E-state index contributed by atoms with van der Waals surface area (Å²) in [4.78, 5) is 26.9. The Bertz CT molecular complexity index is 1530. The summed E-state index contributed by atoms with van der Waals surface area (Å²) in [7, 11) is -3.74. The van der Waals surface area contributed by atoms with Gasteiger partial charge in [0.1, 0.15) is 5.82 Å². The molecule has 8 nitrogen and oxygen atoms in total. The van der Waals surface area contributed by atoms with Crippen LogP contribution in [0.3, 0.4) is 0 Å². The van der Waals surface area contributed by atoms with Crippen LogP contribution >= 0.6 is 11.6 Å². The average molecular weight is 500 g/mol. The minimum atomic E-state index is -3.74. The van der Waals surface area contributed by atoms with Crippen molar-refractivity contribution in [3.63, 3.8) is 0 Å². The Kier molecular flexibility index (Phi) is 6.20. The van der Waals surface area contributed by atoms with Crippen LogP contribution in [-0.4, -0.2) is 35.5 Å². The minimum Gasteiger partial charge on any atom is -0.381 e. The number of aromatic nitrogens is 3. The van der Waals surface area contributed by atoms with E-state index in [0.717, 1.165) is 6.26 Å². The number of fused-ring (bicyclic) bond motifs is 1. The van der Waals surface area contributed by atoms with Crippen molar-refractivity contribution in [2.45, 2.75) is 18.4 Å². The van der Waals surface area contributed by atoms with E-state index in [0.29, 0.717) is 22.3 Å². The van der Waals surface area contributed by atoms with E-state index < -0.39 is 21.6 Å². The van der Waals surface area contributed by atoms with Gasteiger partial charge < -0.3 is 10.6 Å². The van der Waals surface area contributed by atoms with E-state index >= 15 is 0 Å². The molecule has 0 fully saturated rings. The number of sulfone groups is 1. The highest BCUT2D eigenvalue weighted by Gasteiger charge is 2.25. The third kappa shape index (κ3) is 4.82. The molecule has 0 aliphatic rings. The van der Waals surface area contributed by atoms with Crippen molar-refractivity contribution in [2.75, 3.05) is 16.9 Å². The normalized spacial score (nSPS) is 11.5. The lowest BCUT2D eigenvalue weighted by Gasteiger charge is -2.25. The summed E-state index contributed by atoms with van der Waals surface area (Å²) >= 11 is 6.06. The molecule has 0 radical (unpaired) electrons. The Morgan fingerprint density at radius 2 is 1.82 bits per heavy atom. The van der Waals surface area contributed by atoms with E-state index in [9.17, 15) is 17.6 Å². The number of carbonyl (C=O) groups is 1. The van der Waals surface area contributed by atoms with Crippen LogP contribution in [0.2, 0.25) is 5.02 Å². The smallest absolute Gasteiger partial charge is 0.261 e. The second kappa shape index (κ2) is 8.96. The molecule has 4 rings (SSSR count). The molecule has 0 aliphatic heterocycles. The molecule has 0 saturated heterocycles. The largest absolute Gasteiger partial charge is 0.381 e. The van der Waals surface area contributed by atoms with Crippen LogP contribution in [0.5, 0.6) is 0 Å². The van der Waals surface area contributed by atoms with Crippen LogP contribution in [0.4, 0.5) is 15.9 Å². The van der Waals surface area contributed by atoms with Gasteiger partial charge in [0.25, 0.3) is 5.91 Å². The van der Waals surface area contributed by atoms with Crippen molar-refractivity contribution in [1.29, 1.82) is 0 Å². The fraction of sp³-hybridized carbons (Fsp3) is 0.130. The predicted molar refractivity (Wildman–Crippen MR) is 128 cm³/mol. The van der Waals surface area contributed by atoms with Gasteiger partial charge in [0, 0.05) is 29.1 Å². The molecule has 2 aromatic carbocycles.